The highest BCUT2D eigenvalue weighted by Gasteiger charge is 2.05. The highest BCUT2D eigenvalue weighted by Crippen LogP contribution is 1.92. The molecule has 0 aliphatic heterocycles. The van der Waals surface area contributed by atoms with Crippen LogP contribution in [-0.2, 0) is 23.9 Å². The summed E-state index contributed by atoms with van der Waals surface area (Å²) >= 11 is 0. The molecule has 0 aliphatic carbocycles. The fourth-order valence-corrected chi connectivity index (χ4v) is 0.400. The lowest BCUT2D eigenvalue weighted by molar-refractivity contribution is -0.153. The summed E-state index contributed by atoms with van der Waals surface area (Å²) in [5, 5.41) is 8.13. The van der Waals surface area contributed by atoms with Crippen LogP contribution in [0, 0.1) is 0 Å². The minimum atomic E-state index is -1.09. The first-order valence-corrected chi connectivity index (χ1v) is 3.03. The predicted octanol–water partition coefficient (Wildman–Crippen LogP) is -0.564. The van der Waals surface area contributed by atoms with Crippen molar-refractivity contribution in [2.75, 3.05) is 6.79 Å². The Labute approximate surface area is 68.1 Å². The van der Waals surface area contributed by atoms with Crippen LogP contribution in [0.15, 0.2) is 0 Å². The number of hydrogen-bond acceptors (Lipinski definition) is 5. The van der Waals surface area contributed by atoms with E-state index in [4.69, 9.17) is 5.11 Å². The second kappa shape index (κ2) is 6.14. The average molecular weight is 175 g/mol. The molecular formula is C6H7O6. The van der Waals surface area contributed by atoms with Gasteiger partial charge >= 0.3 is 18.4 Å². The third-order valence-electron chi connectivity index (χ3n) is 0.881. The Morgan fingerprint density at radius 3 is 2.50 bits per heavy atom. The lowest BCUT2D eigenvalue weighted by atomic mass is 10.3. The Hall–Kier alpha value is -1.59. The van der Waals surface area contributed by atoms with E-state index < -0.39 is 18.7 Å². The predicted molar refractivity (Wildman–Crippen MR) is 34.6 cm³/mol. The molecule has 12 heavy (non-hydrogen) atoms. The second-order valence-electron chi connectivity index (χ2n) is 1.76. The van der Waals surface area contributed by atoms with E-state index in [1.165, 1.54) is 0 Å². The van der Waals surface area contributed by atoms with E-state index in [2.05, 4.69) is 9.47 Å². The Balaban J connectivity index is 3.33. The number of carbonyl (C=O) groups is 2. The number of ether oxygens (including phenoxy) is 2. The van der Waals surface area contributed by atoms with Gasteiger partial charge in [0, 0.05) is 0 Å². The zero-order valence-corrected chi connectivity index (χ0v) is 6.11. The van der Waals surface area contributed by atoms with Crippen LogP contribution in [0.1, 0.15) is 12.8 Å². The van der Waals surface area contributed by atoms with Crippen LogP contribution in [0.4, 0.5) is 0 Å². The molecule has 0 aromatic heterocycles. The van der Waals surface area contributed by atoms with E-state index >= 15 is 0 Å². The molecule has 1 radical (unpaired) electrons. The maximum atomic E-state index is 10.5. The van der Waals surface area contributed by atoms with Gasteiger partial charge in [0.25, 0.3) is 0 Å². The van der Waals surface area contributed by atoms with E-state index in [-0.39, 0.29) is 12.8 Å². The third-order valence-corrected chi connectivity index (χ3v) is 0.881. The number of carboxylic acid groups (broad SMARTS) is 1. The monoisotopic (exact) mass is 175 g/mol. The molecule has 0 heterocycles. The van der Waals surface area contributed by atoms with E-state index in [0.29, 0.717) is 0 Å². The third kappa shape index (κ3) is 6.53. The van der Waals surface area contributed by atoms with E-state index in [0.717, 1.165) is 6.47 Å². The molecular weight excluding hydrogens is 168 g/mol. The molecule has 0 rings (SSSR count). The van der Waals surface area contributed by atoms with Crippen molar-refractivity contribution >= 4 is 18.4 Å². The molecule has 67 valence electrons. The number of esters is 1. The fourth-order valence-electron chi connectivity index (χ4n) is 0.400. The van der Waals surface area contributed by atoms with Gasteiger partial charge in [0.1, 0.15) is 0 Å². The number of rotatable bonds is 6. The maximum Gasteiger partial charge on any atom is 0.420 e. The average Bonchev–Trinajstić information content (AvgIpc) is 2.01. The van der Waals surface area contributed by atoms with Crippen molar-refractivity contribution in [3.05, 3.63) is 0 Å². The summed E-state index contributed by atoms with van der Waals surface area (Å²) in [5.41, 5.74) is 0. The van der Waals surface area contributed by atoms with Gasteiger partial charge in [-0.05, 0) is 0 Å². The summed E-state index contributed by atoms with van der Waals surface area (Å²) in [5.74, 6) is -1.82. The van der Waals surface area contributed by atoms with Gasteiger partial charge in [-0.1, -0.05) is 0 Å². The molecule has 6 nitrogen and oxygen atoms in total. The second-order valence-corrected chi connectivity index (χ2v) is 1.76. The molecule has 0 atom stereocenters. The molecule has 6 heteroatoms. The summed E-state index contributed by atoms with van der Waals surface area (Å²) < 4.78 is 8.16. The molecule has 0 bridgehead atoms. The molecule has 0 aliphatic rings. The lowest BCUT2D eigenvalue weighted by Crippen LogP contribution is -2.09. The molecule has 0 spiro atoms. The SMILES string of the molecule is O=[C]OCOC(=O)CCC(=O)O. The van der Waals surface area contributed by atoms with Crippen LogP contribution in [-0.4, -0.2) is 30.3 Å². The molecule has 1 N–H and O–H groups in total. The number of carboxylic acids is 1. The first-order chi connectivity index (χ1) is 5.66. The summed E-state index contributed by atoms with van der Waals surface area (Å²) in [6.07, 6.45) is -0.540. The van der Waals surface area contributed by atoms with E-state index in [9.17, 15) is 14.4 Å². The molecule has 0 saturated heterocycles. The van der Waals surface area contributed by atoms with Gasteiger partial charge in [-0.15, -0.1) is 0 Å². The quantitative estimate of drug-likeness (QED) is 0.330. The van der Waals surface area contributed by atoms with Crippen LogP contribution in [0.3, 0.4) is 0 Å². The van der Waals surface area contributed by atoms with Crippen LogP contribution in [0.25, 0.3) is 0 Å². The number of aliphatic carboxylic acids is 1. The molecule has 0 amide bonds. The molecule has 0 aromatic carbocycles. The smallest absolute Gasteiger partial charge is 0.420 e. The summed E-state index contributed by atoms with van der Waals surface area (Å²) in [6.45, 7) is 0.519. The topological polar surface area (TPSA) is 89.9 Å². The normalized spacial score (nSPS) is 8.67. The Bertz CT molecular complexity index is 175. The Morgan fingerprint density at radius 1 is 1.33 bits per heavy atom. The molecule has 0 unspecified atom stereocenters. The van der Waals surface area contributed by atoms with Crippen molar-refractivity contribution in [3.63, 3.8) is 0 Å². The lowest BCUT2D eigenvalue weighted by Gasteiger charge is -1.99. The van der Waals surface area contributed by atoms with Crippen molar-refractivity contribution in [2.24, 2.45) is 0 Å². The molecule has 0 saturated carbocycles. The summed E-state index contributed by atoms with van der Waals surface area (Å²) in [6, 6.07) is 0. The Morgan fingerprint density at radius 2 is 2.00 bits per heavy atom. The number of carbonyl (C=O) groups excluding carboxylic acids is 2. The molecule has 0 fully saturated rings. The van der Waals surface area contributed by atoms with Gasteiger partial charge in [-0.25, -0.2) is 4.79 Å². The largest absolute Gasteiger partial charge is 0.481 e. The summed E-state index contributed by atoms with van der Waals surface area (Å²) in [7, 11) is 0. The van der Waals surface area contributed by atoms with Gasteiger partial charge in [0.05, 0.1) is 12.8 Å². The van der Waals surface area contributed by atoms with Crippen molar-refractivity contribution in [1.29, 1.82) is 0 Å². The van der Waals surface area contributed by atoms with E-state index in [1.807, 2.05) is 0 Å². The van der Waals surface area contributed by atoms with Crippen molar-refractivity contribution in [2.45, 2.75) is 12.8 Å². The van der Waals surface area contributed by atoms with Crippen molar-refractivity contribution < 1.29 is 29.0 Å². The van der Waals surface area contributed by atoms with Crippen LogP contribution in [0.2, 0.25) is 0 Å². The van der Waals surface area contributed by atoms with E-state index in [1.54, 1.807) is 0 Å². The van der Waals surface area contributed by atoms with Gasteiger partial charge in [0.2, 0.25) is 6.79 Å². The minimum Gasteiger partial charge on any atom is -0.481 e. The van der Waals surface area contributed by atoms with Gasteiger partial charge in [-0.3, -0.25) is 9.59 Å². The highest BCUT2D eigenvalue weighted by atomic mass is 16.7. The van der Waals surface area contributed by atoms with Crippen LogP contribution in [0.5, 0.6) is 0 Å². The minimum absolute atomic E-state index is 0.239. The van der Waals surface area contributed by atoms with Gasteiger partial charge in [-0.2, -0.15) is 0 Å². The van der Waals surface area contributed by atoms with Crippen LogP contribution < -0.4 is 0 Å². The maximum absolute atomic E-state index is 10.5. The molecule has 0 aromatic rings. The zero-order valence-electron chi connectivity index (χ0n) is 6.11. The Kier molecular flexibility index (Phi) is 5.33. The first-order valence-electron chi connectivity index (χ1n) is 3.03. The van der Waals surface area contributed by atoms with Crippen LogP contribution >= 0.6 is 0 Å². The van der Waals surface area contributed by atoms with Gasteiger partial charge < -0.3 is 14.6 Å². The zero-order chi connectivity index (χ0) is 9.40. The van der Waals surface area contributed by atoms with Crippen molar-refractivity contribution in [1.82, 2.24) is 0 Å². The van der Waals surface area contributed by atoms with Crippen molar-refractivity contribution in [3.8, 4) is 0 Å². The first kappa shape index (κ1) is 10.4. The highest BCUT2D eigenvalue weighted by molar-refractivity contribution is 5.76. The standard InChI is InChI=1S/C6H7O6/c7-3-11-4-12-6(10)2-1-5(8)9/h1-2,4H2,(H,8,9). The summed E-state index contributed by atoms with van der Waals surface area (Å²) in [4.78, 5) is 29.9. The number of hydrogen-bond donors (Lipinski definition) is 1. The van der Waals surface area contributed by atoms with Gasteiger partial charge in [0.15, 0.2) is 0 Å². The fraction of sp³-hybridized carbons (Fsp3) is 0.500.